The van der Waals surface area contributed by atoms with Gasteiger partial charge in [-0.05, 0) is 53.8 Å². The maximum atomic E-state index is 13.5. The van der Waals surface area contributed by atoms with Crippen molar-refractivity contribution in [2.75, 3.05) is 17.7 Å². The van der Waals surface area contributed by atoms with Gasteiger partial charge in [0.1, 0.15) is 5.75 Å². The number of ether oxygens (including phenoxy) is 1. The van der Waals surface area contributed by atoms with Crippen LogP contribution in [0.15, 0.2) is 84.1 Å². The molecule has 2 aliphatic rings. The second-order valence-corrected chi connectivity index (χ2v) is 8.37. The maximum absolute atomic E-state index is 13.5. The van der Waals surface area contributed by atoms with Gasteiger partial charge in [0, 0.05) is 22.7 Å². The van der Waals surface area contributed by atoms with Crippen molar-refractivity contribution in [2.45, 2.75) is 24.8 Å². The van der Waals surface area contributed by atoms with Crippen molar-refractivity contribution in [2.24, 2.45) is 0 Å². The van der Waals surface area contributed by atoms with Crippen LogP contribution in [0.5, 0.6) is 5.75 Å². The molecule has 0 radical (unpaired) electrons. The first-order valence-electron chi connectivity index (χ1n) is 10.4. The van der Waals surface area contributed by atoms with E-state index >= 15 is 0 Å². The zero-order valence-corrected chi connectivity index (χ0v) is 17.9. The number of allylic oxidation sites excluding steroid dienone is 1. The molecular weight excluding hydrogens is 408 g/mol. The van der Waals surface area contributed by atoms with Crippen molar-refractivity contribution >= 4 is 28.8 Å². The van der Waals surface area contributed by atoms with Crippen LogP contribution < -0.4 is 15.4 Å². The highest BCUT2D eigenvalue weighted by Crippen LogP contribution is 2.45. The first-order chi connectivity index (χ1) is 15.1. The molecule has 3 aromatic carbocycles. The van der Waals surface area contributed by atoms with Crippen LogP contribution in [0.25, 0.3) is 0 Å². The summed E-state index contributed by atoms with van der Waals surface area (Å²) < 4.78 is 5.28. The van der Waals surface area contributed by atoms with Crippen LogP contribution in [0.2, 0.25) is 5.02 Å². The Kier molecular flexibility index (Phi) is 5.16. The number of methoxy groups -OCH3 is 1. The summed E-state index contributed by atoms with van der Waals surface area (Å²) in [7, 11) is 1.66. The monoisotopic (exact) mass is 430 g/mol. The Morgan fingerprint density at radius 2 is 1.61 bits per heavy atom. The molecule has 0 saturated carbocycles. The number of carbonyl (C=O) groups is 1. The number of Topliss-reactive ketones (excluding diaryl/α,β-unsaturated/α-hetero) is 1. The van der Waals surface area contributed by atoms with Crippen molar-refractivity contribution in [3.05, 3.63) is 100 Å². The van der Waals surface area contributed by atoms with Crippen LogP contribution >= 0.6 is 11.6 Å². The van der Waals surface area contributed by atoms with Gasteiger partial charge in [-0.2, -0.15) is 0 Å². The number of rotatable bonds is 3. The molecule has 0 bridgehead atoms. The molecule has 1 aliphatic heterocycles. The van der Waals surface area contributed by atoms with Gasteiger partial charge in [0.2, 0.25) is 0 Å². The van der Waals surface area contributed by atoms with E-state index in [-0.39, 0.29) is 17.7 Å². The number of carbonyl (C=O) groups excluding carboxylic acids is 1. The smallest absolute Gasteiger partial charge is 0.163 e. The summed E-state index contributed by atoms with van der Waals surface area (Å²) >= 11 is 6.56. The molecule has 0 amide bonds. The summed E-state index contributed by atoms with van der Waals surface area (Å²) in [4.78, 5) is 13.5. The highest BCUT2D eigenvalue weighted by Gasteiger charge is 2.36. The van der Waals surface area contributed by atoms with Crippen LogP contribution in [0.4, 0.5) is 11.4 Å². The minimum absolute atomic E-state index is 0.113. The molecule has 0 aromatic heterocycles. The van der Waals surface area contributed by atoms with Crippen LogP contribution in [-0.2, 0) is 4.79 Å². The fourth-order valence-corrected chi connectivity index (χ4v) is 4.79. The fourth-order valence-electron chi connectivity index (χ4n) is 4.55. The fraction of sp³-hybridized carbons (Fsp3) is 0.192. The minimum atomic E-state index is -0.302. The second-order valence-electron chi connectivity index (χ2n) is 7.96. The zero-order valence-electron chi connectivity index (χ0n) is 17.2. The first-order valence-corrected chi connectivity index (χ1v) is 10.8. The molecule has 3 aromatic rings. The molecule has 0 fully saturated rings. The highest BCUT2D eigenvalue weighted by molar-refractivity contribution is 6.31. The average molecular weight is 431 g/mol. The van der Waals surface area contributed by atoms with E-state index in [1.165, 1.54) is 0 Å². The standard InChI is InChI=1S/C26H23ClN2O2/c1-31-18-12-10-16(11-13-18)17-14-23-25(24(30)15-17)26(19-6-2-3-7-20(19)27)29-22-9-5-4-8-21(22)28-23/h2-13,17,26,28-29H,14-15H2,1H3/t17-,26+/m1/s1. The summed E-state index contributed by atoms with van der Waals surface area (Å²) in [5.74, 6) is 1.07. The topological polar surface area (TPSA) is 50.4 Å². The number of para-hydroxylation sites is 2. The number of hydrogen-bond acceptors (Lipinski definition) is 4. The minimum Gasteiger partial charge on any atom is -0.497 e. The van der Waals surface area contributed by atoms with Gasteiger partial charge in [0.25, 0.3) is 0 Å². The Labute approximate surface area is 186 Å². The predicted octanol–water partition coefficient (Wildman–Crippen LogP) is 6.33. The Morgan fingerprint density at radius 3 is 2.35 bits per heavy atom. The Balaban J connectivity index is 1.59. The number of fused-ring (bicyclic) bond motifs is 1. The molecule has 4 nitrogen and oxygen atoms in total. The third kappa shape index (κ3) is 3.68. The number of hydrogen-bond donors (Lipinski definition) is 2. The van der Waals surface area contributed by atoms with E-state index in [0.29, 0.717) is 11.4 Å². The second kappa shape index (κ2) is 8.12. The van der Waals surface area contributed by atoms with E-state index in [1.807, 2.05) is 60.7 Å². The van der Waals surface area contributed by atoms with Gasteiger partial charge in [-0.1, -0.05) is 54.1 Å². The quantitative estimate of drug-likeness (QED) is 0.509. The molecule has 0 saturated heterocycles. The third-order valence-corrected chi connectivity index (χ3v) is 6.46. The lowest BCUT2D eigenvalue weighted by atomic mass is 9.78. The van der Waals surface area contributed by atoms with E-state index in [4.69, 9.17) is 16.3 Å². The number of ketones is 1. The summed E-state index contributed by atoms with van der Waals surface area (Å²) in [5.41, 5.74) is 5.70. The molecule has 156 valence electrons. The lowest BCUT2D eigenvalue weighted by Crippen LogP contribution is -2.27. The van der Waals surface area contributed by atoms with Gasteiger partial charge in [-0.15, -0.1) is 0 Å². The molecule has 1 aliphatic carbocycles. The Morgan fingerprint density at radius 1 is 0.903 bits per heavy atom. The number of anilines is 2. The predicted molar refractivity (Wildman–Crippen MR) is 125 cm³/mol. The van der Waals surface area contributed by atoms with E-state index < -0.39 is 0 Å². The van der Waals surface area contributed by atoms with Crippen LogP contribution in [0, 0.1) is 0 Å². The van der Waals surface area contributed by atoms with Gasteiger partial charge >= 0.3 is 0 Å². The van der Waals surface area contributed by atoms with E-state index in [0.717, 1.165) is 45.9 Å². The van der Waals surface area contributed by atoms with Crippen molar-refractivity contribution in [3.8, 4) is 5.75 Å². The van der Waals surface area contributed by atoms with Gasteiger partial charge < -0.3 is 15.4 Å². The van der Waals surface area contributed by atoms with Crippen molar-refractivity contribution in [1.29, 1.82) is 0 Å². The maximum Gasteiger partial charge on any atom is 0.163 e. The molecule has 0 unspecified atom stereocenters. The SMILES string of the molecule is COc1ccc([C@H]2CC(=O)C3=C(C2)Nc2ccccc2N[C@H]3c2ccccc2Cl)cc1. The molecule has 5 rings (SSSR count). The summed E-state index contributed by atoms with van der Waals surface area (Å²) in [6.07, 6.45) is 1.22. The lowest BCUT2D eigenvalue weighted by Gasteiger charge is -2.30. The van der Waals surface area contributed by atoms with Gasteiger partial charge in [0.15, 0.2) is 5.78 Å². The number of halogens is 1. The van der Waals surface area contributed by atoms with Crippen molar-refractivity contribution < 1.29 is 9.53 Å². The largest absolute Gasteiger partial charge is 0.497 e. The van der Waals surface area contributed by atoms with E-state index in [2.05, 4.69) is 22.8 Å². The van der Waals surface area contributed by atoms with E-state index in [1.54, 1.807) is 7.11 Å². The molecular formula is C26H23ClN2O2. The molecule has 1 heterocycles. The van der Waals surface area contributed by atoms with Crippen molar-refractivity contribution in [3.63, 3.8) is 0 Å². The number of nitrogens with one attached hydrogen (secondary N) is 2. The normalized spacial score (nSPS) is 20.1. The summed E-state index contributed by atoms with van der Waals surface area (Å²) in [6, 6.07) is 23.5. The first kappa shape index (κ1) is 19.7. The van der Waals surface area contributed by atoms with E-state index in [9.17, 15) is 4.79 Å². The molecule has 31 heavy (non-hydrogen) atoms. The van der Waals surface area contributed by atoms with Crippen LogP contribution in [0.1, 0.15) is 35.9 Å². The molecule has 0 spiro atoms. The molecule has 2 atom stereocenters. The zero-order chi connectivity index (χ0) is 21.4. The van der Waals surface area contributed by atoms with Gasteiger partial charge in [-0.3, -0.25) is 4.79 Å². The molecule has 5 heteroatoms. The third-order valence-electron chi connectivity index (χ3n) is 6.11. The van der Waals surface area contributed by atoms with Gasteiger partial charge in [0.05, 0.1) is 24.5 Å². The highest BCUT2D eigenvalue weighted by atomic mass is 35.5. The summed E-state index contributed by atoms with van der Waals surface area (Å²) in [6.45, 7) is 0. The Bertz CT molecular complexity index is 1170. The Hall–Kier alpha value is -3.24. The lowest BCUT2D eigenvalue weighted by molar-refractivity contribution is -0.116. The van der Waals surface area contributed by atoms with Crippen molar-refractivity contribution in [1.82, 2.24) is 0 Å². The number of benzene rings is 3. The van der Waals surface area contributed by atoms with Crippen LogP contribution in [-0.4, -0.2) is 12.9 Å². The average Bonchev–Trinajstić information content (AvgIpc) is 2.96. The summed E-state index contributed by atoms with van der Waals surface area (Å²) in [5, 5.41) is 7.78. The molecule has 2 N–H and O–H groups in total. The van der Waals surface area contributed by atoms with Gasteiger partial charge in [-0.25, -0.2) is 0 Å². The van der Waals surface area contributed by atoms with Crippen LogP contribution in [0.3, 0.4) is 0 Å².